The van der Waals surface area contributed by atoms with Crippen LogP contribution < -0.4 is 0 Å². The second-order valence-corrected chi connectivity index (χ2v) is 3.07. The Kier molecular flexibility index (Phi) is 3.77. The fraction of sp³-hybridized carbons (Fsp3) is 0.857. The van der Waals surface area contributed by atoms with E-state index in [-0.39, 0.29) is 31.3 Å². The van der Waals surface area contributed by atoms with Gasteiger partial charge in [0.05, 0.1) is 5.41 Å². The van der Waals surface area contributed by atoms with Crippen molar-refractivity contribution in [3.05, 3.63) is 0 Å². The molecule has 0 spiro atoms. The SMILES string of the molecule is CC1(C(=O)O)CCCC1.[InH3]. The summed E-state index contributed by atoms with van der Waals surface area (Å²) < 4.78 is 0. The van der Waals surface area contributed by atoms with Crippen molar-refractivity contribution in [1.82, 2.24) is 0 Å². The molecule has 0 aromatic rings. The van der Waals surface area contributed by atoms with E-state index in [2.05, 4.69) is 0 Å². The van der Waals surface area contributed by atoms with Crippen molar-refractivity contribution in [3.8, 4) is 0 Å². The van der Waals surface area contributed by atoms with Gasteiger partial charge < -0.3 is 5.11 Å². The topological polar surface area (TPSA) is 37.3 Å². The van der Waals surface area contributed by atoms with Gasteiger partial charge in [0.2, 0.25) is 0 Å². The summed E-state index contributed by atoms with van der Waals surface area (Å²) in [6.07, 6.45) is 3.90. The molecule has 0 heterocycles. The van der Waals surface area contributed by atoms with Crippen molar-refractivity contribution < 1.29 is 9.90 Å². The number of carboxylic acid groups (broad SMARTS) is 1. The van der Waals surface area contributed by atoms with Gasteiger partial charge in [-0.1, -0.05) is 12.8 Å². The third-order valence-corrected chi connectivity index (χ3v) is 2.22. The summed E-state index contributed by atoms with van der Waals surface area (Å²) in [5.74, 6) is -0.625. The Morgan fingerprint density at radius 1 is 1.40 bits per heavy atom. The number of rotatable bonds is 1. The van der Waals surface area contributed by atoms with Crippen LogP contribution in [0.4, 0.5) is 0 Å². The third kappa shape index (κ3) is 1.91. The van der Waals surface area contributed by atoms with Crippen LogP contribution in [0.25, 0.3) is 0 Å². The van der Waals surface area contributed by atoms with Crippen molar-refractivity contribution in [2.24, 2.45) is 5.41 Å². The number of hydrogen-bond acceptors (Lipinski definition) is 1. The summed E-state index contributed by atoms with van der Waals surface area (Å²) in [4.78, 5) is 10.5. The van der Waals surface area contributed by atoms with E-state index < -0.39 is 5.97 Å². The molecule has 1 rings (SSSR count). The van der Waals surface area contributed by atoms with Gasteiger partial charge in [0.1, 0.15) is 0 Å². The maximum atomic E-state index is 10.5. The van der Waals surface area contributed by atoms with E-state index in [9.17, 15) is 4.79 Å². The zero-order valence-electron chi connectivity index (χ0n) is 5.68. The van der Waals surface area contributed by atoms with Gasteiger partial charge in [0.15, 0.2) is 0 Å². The maximum absolute atomic E-state index is 10.5. The number of carbonyl (C=O) groups is 1. The molecule has 0 saturated heterocycles. The van der Waals surface area contributed by atoms with E-state index in [1.807, 2.05) is 6.92 Å². The van der Waals surface area contributed by atoms with Crippen LogP contribution in [0.3, 0.4) is 0 Å². The molecule has 0 bridgehead atoms. The molecule has 1 saturated carbocycles. The van der Waals surface area contributed by atoms with E-state index in [1.54, 1.807) is 0 Å². The van der Waals surface area contributed by atoms with Gasteiger partial charge >= 0.3 is 31.8 Å². The third-order valence-electron chi connectivity index (χ3n) is 2.22. The quantitative estimate of drug-likeness (QED) is 0.730. The molecule has 0 aliphatic heterocycles. The predicted octanol–water partition coefficient (Wildman–Crippen LogP) is 0.467. The van der Waals surface area contributed by atoms with Crippen LogP contribution in [0.5, 0.6) is 0 Å². The molecular weight excluding hydrogens is 231 g/mol. The molecular formula is C7H15InO2. The molecule has 2 nitrogen and oxygen atoms in total. The molecule has 0 unspecified atom stereocenters. The van der Waals surface area contributed by atoms with Crippen LogP contribution in [0.15, 0.2) is 0 Å². The molecule has 1 N–H and O–H groups in total. The Labute approximate surface area is 79.8 Å². The van der Waals surface area contributed by atoms with Crippen LogP contribution in [-0.2, 0) is 4.79 Å². The predicted molar refractivity (Wildman–Crippen MR) is 44.1 cm³/mol. The first kappa shape index (κ1) is 10.3. The van der Waals surface area contributed by atoms with E-state index >= 15 is 0 Å². The molecule has 58 valence electrons. The molecule has 0 atom stereocenters. The molecule has 0 amide bonds. The summed E-state index contributed by atoms with van der Waals surface area (Å²) in [7, 11) is 0. The molecule has 0 radical (unpaired) electrons. The Morgan fingerprint density at radius 2 is 1.80 bits per heavy atom. The Morgan fingerprint density at radius 3 is 2.00 bits per heavy atom. The summed E-state index contributed by atoms with van der Waals surface area (Å²) >= 11 is 0. The Bertz CT molecular complexity index is 128. The van der Waals surface area contributed by atoms with Crippen LogP contribution in [0, 0.1) is 5.41 Å². The minimum absolute atomic E-state index is 0. The number of carboxylic acids is 1. The summed E-state index contributed by atoms with van der Waals surface area (Å²) in [5.41, 5.74) is -0.389. The van der Waals surface area contributed by atoms with E-state index in [1.165, 1.54) is 0 Å². The normalized spacial score (nSPS) is 21.7. The molecule has 0 aromatic heterocycles. The first-order valence-electron chi connectivity index (χ1n) is 3.38. The molecule has 3 heteroatoms. The molecule has 1 aliphatic carbocycles. The van der Waals surface area contributed by atoms with Gasteiger partial charge in [-0.15, -0.1) is 0 Å². The van der Waals surface area contributed by atoms with Gasteiger partial charge in [-0.25, -0.2) is 0 Å². The standard InChI is InChI=1S/C7H12O2.In.3H/c1-7(6(8)9)4-2-3-5-7;;;;/h2-5H2,1H3,(H,8,9);;;;. The van der Waals surface area contributed by atoms with Crippen molar-refractivity contribution in [1.29, 1.82) is 0 Å². The minimum atomic E-state index is -0.625. The van der Waals surface area contributed by atoms with Gasteiger partial charge in [-0.05, 0) is 19.8 Å². The van der Waals surface area contributed by atoms with Crippen LogP contribution in [0.1, 0.15) is 32.6 Å². The van der Waals surface area contributed by atoms with Crippen molar-refractivity contribution in [3.63, 3.8) is 0 Å². The fourth-order valence-corrected chi connectivity index (χ4v) is 1.37. The molecule has 10 heavy (non-hydrogen) atoms. The van der Waals surface area contributed by atoms with Crippen LogP contribution in [0.2, 0.25) is 0 Å². The van der Waals surface area contributed by atoms with E-state index in [4.69, 9.17) is 5.11 Å². The molecule has 1 aliphatic rings. The zero-order valence-corrected chi connectivity index (χ0v) is 5.68. The monoisotopic (exact) mass is 246 g/mol. The summed E-state index contributed by atoms with van der Waals surface area (Å²) in [5, 5.41) is 8.67. The summed E-state index contributed by atoms with van der Waals surface area (Å²) in [6, 6.07) is 0. The van der Waals surface area contributed by atoms with E-state index in [0.29, 0.717) is 0 Å². The van der Waals surface area contributed by atoms with Crippen molar-refractivity contribution in [2.45, 2.75) is 32.6 Å². The van der Waals surface area contributed by atoms with Crippen LogP contribution >= 0.6 is 0 Å². The number of aliphatic carboxylic acids is 1. The van der Waals surface area contributed by atoms with E-state index in [0.717, 1.165) is 25.7 Å². The van der Waals surface area contributed by atoms with Gasteiger partial charge in [0, 0.05) is 0 Å². The van der Waals surface area contributed by atoms with Crippen LogP contribution in [-0.4, -0.2) is 36.9 Å². The van der Waals surface area contributed by atoms with Gasteiger partial charge in [-0.2, -0.15) is 0 Å². The zero-order chi connectivity index (χ0) is 6.91. The fourth-order valence-electron chi connectivity index (χ4n) is 1.37. The Balaban J connectivity index is 0.000000810. The van der Waals surface area contributed by atoms with Gasteiger partial charge in [-0.3, -0.25) is 4.79 Å². The molecule has 1 fully saturated rings. The van der Waals surface area contributed by atoms with Gasteiger partial charge in [0.25, 0.3) is 0 Å². The second kappa shape index (κ2) is 3.65. The van der Waals surface area contributed by atoms with Crippen molar-refractivity contribution >= 4 is 31.8 Å². The summed E-state index contributed by atoms with van der Waals surface area (Å²) in [6.45, 7) is 1.84. The second-order valence-electron chi connectivity index (χ2n) is 3.07. The molecule has 0 aromatic carbocycles. The average molecular weight is 246 g/mol. The number of hydrogen-bond donors (Lipinski definition) is 1. The first-order valence-corrected chi connectivity index (χ1v) is 3.38. The van der Waals surface area contributed by atoms with Crippen molar-refractivity contribution in [2.75, 3.05) is 0 Å². The first-order chi connectivity index (χ1) is 4.15. The Hall–Kier alpha value is 0.340. The average Bonchev–Trinajstić information content (AvgIpc) is 2.16.